The van der Waals surface area contributed by atoms with Crippen LogP contribution in [-0.2, 0) is 20.8 Å². The van der Waals surface area contributed by atoms with Crippen molar-refractivity contribution >= 4 is 0 Å². The van der Waals surface area contributed by atoms with Crippen LogP contribution in [0.3, 0.4) is 0 Å². The van der Waals surface area contributed by atoms with Crippen molar-refractivity contribution in [2.45, 2.75) is 18.8 Å². The average Bonchev–Trinajstić information content (AvgIpc) is 2.50. The molecular weight excluding hydrogens is 277 g/mol. The molecule has 2 N–H and O–H groups in total. The van der Waals surface area contributed by atoms with Gasteiger partial charge in [-0.3, -0.25) is 0 Å². The molecule has 118 valence electrons. The highest BCUT2D eigenvalue weighted by atomic mass is 19.1. The minimum atomic E-state index is -0.638. The van der Waals surface area contributed by atoms with Gasteiger partial charge in [0.05, 0.1) is 45.2 Å². The van der Waals surface area contributed by atoms with Gasteiger partial charge in [0.1, 0.15) is 5.82 Å². The molecule has 0 aliphatic carbocycles. The van der Waals surface area contributed by atoms with Gasteiger partial charge in [-0.15, -0.1) is 0 Å². The lowest BCUT2D eigenvalue weighted by Gasteiger charge is -2.23. The van der Waals surface area contributed by atoms with Crippen LogP contribution in [0.4, 0.5) is 4.39 Å². The predicted molar refractivity (Wildman–Crippen MR) is 75.5 cm³/mol. The quantitative estimate of drug-likeness (QED) is 0.740. The van der Waals surface area contributed by atoms with Gasteiger partial charge >= 0.3 is 0 Å². The average molecular weight is 299 g/mol. The van der Waals surface area contributed by atoms with Crippen LogP contribution < -0.4 is 5.32 Å². The van der Waals surface area contributed by atoms with Crippen molar-refractivity contribution in [3.8, 4) is 0 Å². The van der Waals surface area contributed by atoms with Gasteiger partial charge in [-0.2, -0.15) is 0 Å². The molecule has 1 aromatic rings. The van der Waals surface area contributed by atoms with E-state index in [1.54, 1.807) is 18.2 Å². The fraction of sp³-hybridized carbons (Fsp3) is 0.600. The van der Waals surface area contributed by atoms with Crippen molar-refractivity contribution in [3.05, 3.63) is 35.6 Å². The highest BCUT2D eigenvalue weighted by molar-refractivity contribution is 5.16. The third kappa shape index (κ3) is 6.07. The van der Waals surface area contributed by atoms with Crippen LogP contribution in [-0.4, -0.2) is 56.8 Å². The van der Waals surface area contributed by atoms with E-state index in [0.29, 0.717) is 38.5 Å². The Morgan fingerprint density at radius 2 is 2.24 bits per heavy atom. The molecule has 0 radical (unpaired) electrons. The van der Waals surface area contributed by atoms with Crippen molar-refractivity contribution in [2.75, 3.05) is 39.5 Å². The number of aliphatic hydroxyl groups is 1. The van der Waals surface area contributed by atoms with E-state index in [2.05, 4.69) is 5.32 Å². The summed E-state index contributed by atoms with van der Waals surface area (Å²) in [5.41, 5.74) is 0.491. The normalized spacial score (nSPS) is 20.4. The summed E-state index contributed by atoms with van der Waals surface area (Å²) in [5.74, 6) is -0.292. The summed E-state index contributed by atoms with van der Waals surface area (Å²) in [7, 11) is 0. The van der Waals surface area contributed by atoms with Gasteiger partial charge in [-0.25, -0.2) is 4.39 Å². The third-order valence-corrected chi connectivity index (χ3v) is 3.16. The second kappa shape index (κ2) is 9.07. The van der Waals surface area contributed by atoms with Gasteiger partial charge in [0.25, 0.3) is 0 Å². The molecule has 6 heteroatoms. The van der Waals surface area contributed by atoms with E-state index in [1.807, 2.05) is 0 Å². The molecule has 1 fully saturated rings. The van der Waals surface area contributed by atoms with Crippen molar-refractivity contribution in [1.82, 2.24) is 5.32 Å². The van der Waals surface area contributed by atoms with Gasteiger partial charge in [0.2, 0.25) is 0 Å². The number of benzene rings is 1. The van der Waals surface area contributed by atoms with Crippen LogP contribution in [0.2, 0.25) is 0 Å². The van der Waals surface area contributed by atoms with Gasteiger partial charge in [-0.1, -0.05) is 18.2 Å². The number of hydrogen-bond donors (Lipinski definition) is 2. The largest absolute Gasteiger partial charge is 0.389 e. The zero-order valence-corrected chi connectivity index (χ0v) is 12.0. The lowest BCUT2D eigenvalue weighted by atomic mass is 10.2. The summed E-state index contributed by atoms with van der Waals surface area (Å²) >= 11 is 0. The standard InChI is InChI=1S/C15H22FNO4/c16-15-4-2-1-3-12(15)9-20-10-13(18)7-17-8-14-11-19-5-6-21-14/h1-4,13-14,17-18H,5-11H2. The van der Waals surface area contributed by atoms with Crippen molar-refractivity contribution < 1.29 is 23.7 Å². The van der Waals surface area contributed by atoms with Crippen molar-refractivity contribution in [2.24, 2.45) is 0 Å². The summed E-state index contributed by atoms with van der Waals surface area (Å²) in [6.45, 7) is 3.17. The van der Waals surface area contributed by atoms with Crippen molar-refractivity contribution in [3.63, 3.8) is 0 Å². The molecule has 1 heterocycles. The fourth-order valence-electron chi connectivity index (χ4n) is 2.04. The minimum Gasteiger partial charge on any atom is -0.389 e. The Morgan fingerprint density at radius 1 is 1.38 bits per heavy atom. The van der Waals surface area contributed by atoms with Crippen LogP contribution in [0.1, 0.15) is 5.56 Å². The first-order chi connectivity index (χ1) is 10.3. The molecule has 2 atom stereocenters. The first-order valence-electron chi connectivity index (χ1n) is 7.15. The third-order valence-electron chi connectivity index (χ3n) is 3.16. The van der Waals surface area contributed by atoms with E-state index in [9.17, 15) is 9.50 Å². The highest BCUT2D eigenvalue weighted by Gasteiger charge is 2.14. The van der Waals surface area contributed by atoms with E-state index in [0.717, 1.165) is 0 Å². The summed E-state index contributed by atoms with van der Waals surface area (Å²) in [6.07, 6.45) is -0.605. The van der Waals surface area contributed by atoms with E-state index in [4.69, 9.17) is 14.2 Å². The first-order valence-corrected chi connectivity index (χ1v) is 7.15. The van der Waals surface area contributed by atoms with Crippen LogP contribution in [0, 0.1) is 5.82 Å². The maximum Gasteiger partial charge on any atom is 0.128 e. The number of halogens is 1. The fourth-order valence-corrected chi connectivity index (χ4v) is 2.04. The Kier molecular flexibility index (Phi) is 7.05. The Labute approximate surface area is 124 Å². The molecule has 0 amide bonds. The Morgan fingerprint density at radius 3 is 3.00 bits per heavy atom. The molecule has 0 spiro atoms. The number of nitrogens with one attached hydrogen (secondary N) is 1. The van der Waals surface area contributed by atoms with Gasteiger partial charge in [-0.05, 0) is 6.07 Å². The molecule has 2 unspecified atom stereocenters. The summed E-state index contributed by atoms with van der Waals surface area (Å²) in [4.78, 5) is 0. The van der Waals surface area contributed by atoms with E-state index in [-0.39, 0.29) is 25.1 Å². The maximum absolute atomic E-state index is 13.3. The molecule has 0 saturated carbocycles. The zero-order valence-electron chi connectivity index (χ0n) is 12.0. The number of ether oxygens (including phenoxy) is 3. The molecule has 2 rings (SSSR count). The van der Waals surface area contributed by atoms with E-state index < -0.39 is 6.10 Å². The van der Waals surface area contributed by atoms with Crippen LogP contribution in [0.15, 0.2) is 24.3 Å². The lowest BCUT2D eigenvalue weighted by Crippen LogP contribution is -2.40. The van der Waals surface area contributed by atoms with Crippen LogP contribution in [0.5, 0.6) is 0 Å². The van der Waals surface area contributed by atoms with Gasteiger partial charge in [0, 0.05) is 18.7 Å². The number of hydrogen-bond acceptors (Lipinski definition) is 5. The SMILES string of the molecule is OC(CNCC1COCCO1)COCc1ccccc1F. The van der Waals surface area contributed by atoms with E-state index >= 15 is 0 Å². The lowest BCUT2D eigenvalue weighted by molar-refractivity contribution is -0.0871. The van der Waals surface area contributed by atoms with E-state index in [1.165, 1.54) is 6.07 Å². The molecule has 1 aliphatic heterocycles. The smallest absolute Gasteiger partial charge is 0.128 e. The topological polar surface area (TPSA) is 60.0 Å². The molecule has 1 aromatic carbocycles. The molecule has 1 aliphatic rings. The van der Waals surface area contributed by atoms with Gasteiger partial charge in [0.15, 0.2) is 0 Å². The van der Waals surface area contributed by atoms with Crippen LogP contribution >= 0.6 is 0 Å². The molecule has 5 nitrogen and oxygen atoms in total. The molecule has 1 saturated heterocycles. The number of rotatable bonds is 8. The second-order valence-corrected chi connectivity index (χ2v) is 4.99. The maximum atomic E-state index is 13.3. The summed E-state index contributed by atoms with van der Waals surface area (Å²) in [5, 5.41) is 12.9. The molecule has 0 aromatic heterocycles. The molecular formula is C15H22FNO4. The Bertz CT molecular complexity index is 412. The molecule has 0 bridgehead atoms. The van der Waals surface area contributed by atoms with Gasteiger partial charge < -0.3 is 24.6 Å². The Balaban J connectivity index is 1.55. The predicted octanol–water partition coefficient (Wildman–Crippen LogP) is 0.708. The summed E-state index contributed by atoms with van der Waals surface area (Å²) < 4.78 is 29.4. The second-order valence-electron chi connectivity index (χ2n) is 4.99. The minimum absolute atomic E-state index is 0.0327. The Hall–Kier alpha value is -1.05. The number of aliphatic hydroxyl groups excluding tert-OH is 1. The zero-order chi connectivity index (χ0) is 14.9. The van der Waals surface area contributed by atoms with Crippen LogP contribution in [0.25, 0.3) is 0 Å². The molecule has 21 heavy (non-hydrogen) atoms. The summed E-state index contributed by atoms with van der Waals surface area (Å²) in [6, 6.07) is 6.45. The highest BCUT2D eigenvalue weighted by Crippen LogP contribution is 2.07. The first kappa shape index (κ1) is 16.3. The van der Waals surface area contributed by atoms with Crippen molar-refractivity contribution in [1.29, 1.82) is 0 Å². The monoisotopic (exact) mass is 299 g/mol.